The molecule has 0 saturated heterocycles. The van der Waals surface area contributed by atoms with Crippen molar-refractivity contribution in [1.29, 1.82) is 0 Å². The monoisotopic (exact) mass is 257 g/mol. The van der Waals surface area contributed by atoms with Crippen LogP contribution in [-0.4, -0.2) is 31.8 Å². The smallest absolute Gasteiger partial charge is 0.392 e. The molecule has 1 aromatic rings. The van der Waals surface area contributed by atoms with Gasteiger partial charge in [0.15, 0.2) is 11.5 Å². The van der Waals surface area contributed by atoms with Crippen LogP contribution in [0.15, 0.2) is 6.33 Å². The van der Waals surface area contributed by atoms with E-state index < -0.39 is 15.8 Å². The summed E-state index contributed by atoms with van der Waals surface area (Å²) in [5.74, 6) is -0.326. The molecule has 0 aliphatic carbocycles. The van der Waals surface area contributed by atoms with Crippen molar-refractivity contribution in [1.82, 2.24) is 9.97 Å². The van der Waals surface area contributed by atoms with E-state index in [9.17, 15) is 9.59 Å². The van der Waals surface area contributed by atoms with Crippen LogP contribution in [0.2, 0.25) is 0 Å². The van der Waals surface area contributed by atoms with Crippen LogP contribution < -0.4 is 4.31 Å². The number of hydrogen-bond acceptors (Lipinski definition) is 5. The van der Waals surface area contributed by atoms with Crippen LogP contribution >= 0.6 is 0 Å². The third kappa shape index (κ3) is 1.23. The summed E-state index contributed by atoms with van der Waals surface area (Å²) in [6.07, 6.45) is 1.32. The first-order valence-electron chi connectivity index (χ1n) is 4.60. The zero-order valence-corrected chi connectivity index (χ0v) is 10.3. The third-order valence-electron chi connectivity index (χ3n) is 2.51. The molecule has 0 fully saturated rings. The summed E-state index contributed by atoms with van der Waals surface area (Å²) in [5.41, 5.74) is 0.193. The molecule has 0 bridgehead atoms. The highest BCUT2D eigenvalue weighted by molar-refractivity contribution is 7.62. The number of imide groups is 1. The maximum Gasteiger partial charge on any atom is 0.392 e. The minimum absolute atomic E-state index is 0.157. The first-order chi connectivity index (χ1) is 7.40. The van der Waals surface area contributed by atoms with E-state index in [1.165, 1.54) is 6.33 Å². The van der Waals surface area contributed by atoms with E-state index in [2.05, 4.69) is 9.97 Å². The Morgan fingerprint density at radius 1 is 1.50 bits per heavy atom. The van der Waals surface area contributed by atoms with Gasteiger partial charge in [-0.05, 0) is 13.8 Å². The Morgan fingerprint density at radius 2 is 2.12 bits per heavy atom. The Bertz CT molecular complexity index is 472. The summed E-state index contributed by atoms with van der Waals surface area (Å²) in [5, 5.41) is 0. The average molecular weight is 257 g/mol. The molecule has 8 heteroatoms. The number of nitrogens with zero attached hydrogens (tertiary/aromatic N) is 3. The molecule has 3 amide bonds. The molecule has 1 aliphatic rings. The first kappa shape index (κ1) is 11.5. The minimum atomic E-state index is -0.779. The molecule has 1 aromatic heterocycles. The Kier molecular flexibility index (Phi) is 2.52. The van der Waals surface area contributed by atoms with Crippen molar-refractivity contribution in [2.24, 2.45) is 0 Å². The maximum absolute atomic E-state index is 12.1. The molecule has 0 radical (unpaired) electrons. The number of hydrogen-bond donors (Lipinski definition) is 1. The van der Waals surface area contributed by atoms with Crippen LogP contribution in [0.3, 0.4) is 0 Å². The highest BCUT2D eigenvalue weighted by Crippen LogP contribution is 2.31. The predicted octanol–water partition coefficient (Wildman–Crippen LogP) is 0.639. The summed E-state index contributed by atoms with van der Waals surface area (Å²) in [4.78, 5) is 30.6. The highest BCUT2D eigenvalue weighted by atomic mass is 32.1. The van der Waals surface area contributed by atoms with E-state index in [0.717, 1.165) is 4.31 Å². The van der Waals surface area contributed by atoms with Gasteiger partial charge < -0.3 is 34.9 Å². The molecule has 0 spiro atoms. The molecule has 86 valence electrons. The number of urea groups is 1. The topological polar surface area (TPSA) is 66.1 Å². The van der Waals surface area contributed by atoms with Gasteiger partial charge in [0.1, 0.15) is 0 Å². The number of nitrogens with one attached hydrogen (secondary N) is 1. The number of imidazole rings is 1. The first-order valence-corrected chi connectivity index (χ1v) is 5.33. The van der Waals surface area contributed by atoms with Crippen molar-refractivity contribution in [2.75, 3.05) is 4.31 Å². The van der Waals surface area contributed by atoms with E-state index in [0.29, 0.717) is 0 Å². The lowest BCUT2D eigenvalue weighted by Crippen LogP contribution is -2.63. The van der Waals surface area contributed by atoms with Crippen LogP contribution in [0, 0.1) is 0 Å². The second-order valence-electron chi connectivity index (χ2n) is 3.73. The van der Waals surface area contributed by atoms with Gasteiger partial charge in [-0.1, -0.05) is 0 Å². The van der Waals surface area contributed by atoms with E-state index in [1.54, 1.807) is 13.8 Å². The van der Waals surface area contributed by atoms with Gasteiger partial charge in [-0.2, -0.15) is 0 Å². The Hall–Kier alpha value is -0.990. The molecule has 0 aromatic carbocycles. The second kappa shape index (κ2) is 3.51. The molecule has 2 rings (SSSR count). The lowest BCUT2D eigenvalue weighted by molar-refractivity contribution is -0.644. The summed E-state index contributed by atoms with van der Waals surface area (Å²) < 4.78 is 0.124. The van der Waals surface area contributed by atoms with Gasteiger partial charge in [-0.25, -0.2) is 14.6 Å². The summed E-state index contributed by atoms with van der Waals surface area (Å²) >= 11 is 10.0. The molecule has 1 aliphatic heterocycles. The fourth-order valence-electron chi connectivity index (χ4n) is 1.53. The van der Waals surface area contributed by atoms with Gasteiger partial charge in [0.05, 0.1) is 12.4 Å². The average Bonchev–Trinajstić information content (AvgIpc) is 2.71. The van der Waals surface area contributed by atoms with E-state index >= 15 is 0 Å². The molecular weight excluding hydrogens is 248 g/mol. The number of carbonyl (C=O) groups excluding carboxylic acids is 2. The quantitative estimate of drug-likeness (QED) is 0.591. The largest absolute Gasteiger partial charge is 0.651 e. The maximum atomic E-state index is 12.1. The van der Waals surface area contributed by atoms with E-state index in [-0.39, 0.29) is 17.6 Å². The van der Waals surface area contributed by atoms with Crippen LogP contribution in [0.25, 0.3) is 0 Å². The minimum Gasteiger partial charge on any atom is -0.651 e. The van der Waals surface area contributed by atoms with Crippen molar-refractivity contribution < 1.29 is 13.5 Å². The van der Waals surface area contributed by atoms with Crippen molar-refractivity contribution in [2.45, 2.75) is 19.9 Å². The van der Waals surface area contributed by atoms with Gasteiger partial charge in [0, 0.05) is 0 Å². The standard InChI is InChI=1S/C8H9N4O2S2/c1-4(2)12(16)7(13)5-6(10-3-9-5)11(15)8(12)14/h3-4H,1-2H3,(H,9,10)/q-1. The fourth-order valence-corrected chi connectivity index (χ4v) is 2.02. The van der Waals surface area contributed by atoms with Crippen LogP contribution in [0.1, 0.15) is 24.3 Å². The number of fused-ring (bicyclic) bond motifs is 1. The summed E-state index contributed by atoms with van der Waals surface area (Å²) in [7, 11) is 0. The molecular formula is C8H9N4O2S2-. The van der Waals surface area contributed by atoms with Crippen molar-refractivity contribution in [3.8, 4) is 0 Å². The Balaban J connectivity index is 2.64. The molecule has 1 atom stereocenters. The number of aromatic nitrogens is 2. The lowest BCUT2D eigenvalue weighted by Gasteiger charge is -2.49. The third-order valence-corrected chi connectivity index (χ3v) is 3.59. The van der Waals surface area contributed by atoms with Crippen LogP contribution in [-0.2, 0) is 25.6 Å². The lowest BCUT2D eigenvalue weighted by atomic mass is 10.2. The Morgan fingerprint density at radius 3 is 2.69 bits per heavy atom. The molecule has 1 unspecified atom stereocenters. The number of rotatable bonds is 1. The zero-order valence-electron chi connectivity index (χ0n) is 8.63. The molecule has 6 nitrogen and oxygen atoms in total. The fraction of sp³-hybridized carbons (Fsp3) is 0.375. The number of anilines is 1. The molecule has 2 heterocycles. The predicted molar refractivity (Wildman–Crippen MR) is 60.9 cm³/mol. The summed E-state index contributed by atoms with van der Waals surface area (Å²) in [6.45, 7) is 3.40. The van der Waals surface area contributed by atoms with Gasteiger partial charge in [-0.15, -0.1) is 0 Å². The van der Waals surface area contributed by atoms with Gasteiger partial charge >= 0.3 is 11.9 Å². The second-order valence-corrected chi connectivity index (χ2v) is 4.68. The number of carbonyl (C=O) groups is 2. The SMILES string of the molecule is CC(C)[N+]1([S-])C(=O)c2[nH]cnc2N([S-])C1=O. The number of amides is 3. The highest BCUT2D eigenvalue weighted by Gasteiger charge is 2.45. The van der Waals surface area contributed by atoms with Gasteiger partial charge in [0.25, 0.3) is 0 Å². The van der Waals surface area contributed by atoms with Crippen molar-refractivity contribution >= 4 is 43.4 Å². The van der Waals surface area contributed by atoms with E-state index in [4.69, 9.17) is 25.6 Å². The van der Waals surface area contributed by atoms with Gasteiger partial charge in [0.2, 0.25) is 0 Å². The zero-order chi connectivity index (χ0) is 12.1. The summed E-state index contributed by atoms with van der Waals surface area (Å²) in [6, 6.07) is -0.985. The van der Waals surface area contributed by atoms with Crippen LogP contribution in [0.4, 0.5) is 10.6 Å². The van der Waals surface area contributed by atoms with E-state index in [1.807, 2.05) is 0 Å². The van der Waals surface area contributed by atoms with Gasteiger partial charge in [-0.3, -0.25) is 3.89 Å². The number of H-pyrrole nitrogens is 1. The number of aromatic amines is 1. The number of quaternary nitrogens is 1. The normalized spacial score (nSPS) is 25.2. The molecule has 1 N–H and O–H groups in total. The molecule has 0 saturated carbocycles. The molecule has 16 heavy (non-hydrogen) atoms. The Labute approximate surface area is 103 Å². The van der Waals surface area contributed by atoms with Crippen LogP contribution in [0.5, 0.6) is 0 Å². The van der Waals surface area contributed by atoms with Crippen molar-refractivity contribution in [3.63, 3.8) is 0 Å². The van der Waals surface area contributed by atoms with Crippen molar-refractivity contribution in [3.05, 3.63) is 12.0 Å².